The quantitative estimate of drug-likeness (QED) is 0.543. The van der Waals surface area contributed by atoms with E-state index in [4.69, 9.17) is 0 Å². The molecule has 0 atom stereocenters. The zero-order valence-electron chi connectivity index (χ0n) is 18.5. The number of nitrogens with one attached hydrogen (secondary N) is 1. The number of rotatable bonds is 9. The van der Waals surface area contributed by atoms with Gasteiger partial charge in [0, 0.05) is 57.4 Å². The van der Waals surface area contributed by atoms with Gasteiger partial charge in [-0.15, -0.1) is 0 Å². The molecule has 1 N–H and O–H groups in total. The maximum Gasteiger partial charge on any atom is 0.0340 e. The molecule has 1 heterocycles. The van der Waals surface area contributed by atoms with E-state index in [0.29, 0.717) is 5.92 Å². The minimum atomic E-state index is 0.620. The van der Waals surface area contributed by atoms with Gasteiger partial charge >= 0.3 is 0 Å². The molecule has 1 saturated heterocycles. The Morgan fingerprint density at radius 2 is 1.06 bits per heavy atom. The lowest BCUT2D eigenvalue weighted by atomic mass is 10.1. The molecule has 1 fully saturated rings. The molecule has 3 aromatic rings. The van der Waals surface area contributed by atoms with Gasteiger partial charge in [-0.05, 0) is 36.1 Å². The Morgan fingerprint density at radius 3 is 1.55 bits per heavy atom. The zero-order chi connectivity index (χ0) is 21.1. The van der Waals surface area contributed by atoms with Gasteiger partial charge in [0.15, 0.2) is 0 Å². The van der Waals surface area contributed by atoms with Crippen molar-refractivity contribution in [2.75, 3.05) is 51.1 Å². The van der Waals surface area contributed by atoms with E-state index >= 15 is 0 Å². The largest absolute Gasteiger partial charge is 0.385 e. The van der Waals surface area contributed by atoms with Crippen molar-refractivity contribution in [2.24, 2.45) is 5.92 Å². The van der Waals surface area contributed by atoms with Crippen LogP contribution in [-0.2, 0) is 12.8 Å². The number of para-hydroxylation sites is 1. The van der Waals surface area contributed by atoms with E-state index in [-0.39, 0.29) is 0 Å². The van der Waals surface area contributed by atoms with Crippen LogP contribution in [0, 0.1) is 5.92 Å². The van der Waals surface area contributed by atoms with Crippen molar-refractivity contribution in [2.45, 2.75) is 12.8 Å². The minimum absolute atomic E-state index is 0.620. The second-order valence-electron chi connectivity index (χ2n) is 8.69. The third-order valence-electron chi connectivity index (χ3n) is 6.25. The number of hydrogen-bond donors (Lipinski definition) is 1. The van der Waals surface area contributed by atoms with Gasteiger partial charge in [-0.2, -0.15) is 0 Å². The Bertz CT molecular complexity index is 813. The van der Waals surface area contributed by atoms with Crippen molar-refractivity contribution in [3.63, 3.8) is 0 Å². The first-order chi connectivity index (χ1) is 15.3. The van der Waals surface area contributed by atoms with Gasteiger partial charge in [-0.25, -0.2) is 0 Å². The molecule has 3 nitrogen and oxygen atoms in total. The summed E-state index contributed by atoms with van der Waals surface area (Å²) in [6.07, 6.45) is 2.26. The van der Waals surface area contributed by atoms with Gasteiger partial charge in [0.05, 0.1) is 0 Å². The summed E-state index contributed by atoms with van der Waals surface area (Å²) in [7, 11) is 0. The third kappa shape index (κ3) is 7.23. The molecule has 0 saturated carbocycles. The van der Waals surface area contributed by atoms with Crippen LogP contribution in [0.3, 0.4) is 0 Å². The summed E-state index contributed by atoms with van der Waals surface area (Å²) in [4.78, 5) is 5.35. The van der Waals surface area contributed by atoms with Crippen molar-refractivity contribution in [3.05, 3.63) is 102 Å². The normalized spacial score (nSPS) is 16.1. The van der Waals surface area contributed by atoms with Gasteiger partial charge in [0.25, 0.3) is 0 Å². The minimum Gasteiger partial charge on any atom is -0.385 e. The highest BCUT2D eigenvalue weighted by molar-refractivity contribution is 5.42. The number of nitrogens with zero attached hydrogens (tertiary/aromatic N) is 2. The first-order valence-electron chi connectivity index (χ1n) is 11.7. The van der Waals surface area contributed by atoms with E-state index in [0.717, 1.165) is 58.7 Å². The molecule has 31 heavy (non-hydrogen) atoms. The van der Waals surface area contributed by atoms with Crippen molar-refractivity contribution in [1.82, 2.24) is 9.80 Å². The van der Waals surface area contributed by atoms with Gasteiger partial charge in [0.2, 0.25) is 0 Å². The maximum absolute atomic E-state index is 3.68. The Morgan fingerprint density at radius 1 is 0.613 bits per heavy atom. The summed E-state index contributed by atoms with van der Waals surface area (Å²) in [5.41, 5.74) is 4.09. The predicted molar refractivity (Wildman–Crippen MR) is 132 cm³/mol. The van der Waals surface area contributed by atoms with Crippen LogP contribution in [0.4, 0.5) is 5.69 Å². The van der Waals surface area contributed by atoms with Crippen molar-refractivity contribution >= 4 is 5.69 Å². The van der Waals surface area contributed by atoms with Crippen LogP contribution in [0.25, 0.3) is 0 Å². The second-order valence-corrected chi connectivity index (χ2v) is 8.69. The molecule has 0 aliphatic carbocycles. The topological polar surface area (TPSA) is 18.5 Å². The molecule has 3 aromatic carbocycles. The molecule has 1 aliphatic rings. The van der Waals surface area contributed by atoms with Crippen molar-refractivity contribution in [1.29, 1.82) is 0 Å². The smallest absolute Gasteiger partial charge is 0.0340 e. The average molecular weight is 414 g/mol. The van der Waals surface area contributed by atoms with E-state index in [1.165, 1.54) is 16.8 Å². The first kappa shape index (κ1) is 21.6. The molecule has 162 valence electrons. The van der Waals surface area contributed by atoms with Gasteiger partial charge in [-0.3, -0.25) is 0 Å². The van der Waals surface area contributed by atoms with E-state index in [9.17, 15) is 0 Å². The van der Waals surface area contributed by atoms with Gasteiger partial charge in [-0.1, -0.05) is 78.9 Å². The summed E-state index contributed by atoms with van der Waals surface area (Å²) in [6, 6.07) is 32.4. The fraction of sp³-hybridized carbons (Fsp3) is 0.357. The number of benzene rings is 3. The van der Waals surface area contributed by atoms with Crippen LogP contribution in [0.2, 0.25) is 0 Å². The van der Waals surface area contributed by atoms with Crippen LogP contribution in [0.15, 0.2) is 91.0 Å². The van der Waals surface area contributed by atoms with E-state index in [1.807, 2.05) is 0 Å². The highest BCUT2D eigenvalue weighted by atomic mass is 15.2. The molecule has 0 aromatic heterocycles. The average Bonchev–Trinajstić information content (AvgIpc) is 3.04. The predicted octanol–water partition coefficient (Wildman–Crippen LogP) is 4.82. The number of anilines is 1. The van der Waals surface area contributed by atoms with Crippen LogP contribution in [-0.4, -0.2) is 55.6 Å². The van der Waals surface area contributed by atoms with Crippen LogP contribution < -0.4 is 5.32 Å². The standard InChI is InChI=1S/C28H35N3/c1-4-10-25(11-5-1)16-18-30-20-21-31(19-17-26-12-6-2-7-13-26)24-27(23-30)22-29-28-14-8-3-9-15-28/h1-15,27,29H,16-24H2. The molecule has 0 unspecified atom stereocenters. The van der Waals surface area contributed by atoms with E-state index in [2.05, 4.69) is 106 Å². The second kappa shape index (κ2) is 11.7. The fourth-order valence-corrected chi connectivity index (χ4v) is 4.47. The lowest BCUT2D eigenvalue weighted by molar-refractivity contribution is 0.260. The Hall–Kier alpha value is -2.62. The van der Waals surface area contributed by atoms with Crippen molar-refractivity contribution < 1.29 is 0 Å². The molecule has 0 amide bonds. The Labute approximate surface area is 187 Å². The summed E-state index contributed by atoms with van der Waals surface area (Å²) >= 11 is 0. The van der Waals surface area contributed by atoms with E-state index in [1.54, 1.807) is 0 Å². The van der Waals surface area contributed by atoms with Gasteiger partial charge in [0.1, 0.15) is 0 Å². The van der Waals surface area contributed by atoms with Gasteiger partial charge < -0.3 is 15.1 Å². The zero-order valence-corrected chi connectivity index (χ0v) is 18.5. The highest BCUT2D eigenvalue weighted by Gasteiger charge is 2.22. The molecule has 0 bridgehead atoms. The number of hydrogen-bond acceptors (Lipinski definition) is 3. The van der Waals surface area contributed by atoms with Crippen molar-refractivity contribution in [3.8, 4) is 0 Å². The monoisotopic (exact) mass is 413 g/mol. The van der Waals surface area contributed by atoms with E-state index < -0.39 is 0 Å². The van der Waals surface area contributed by atoms with Crippen LogP contribution in [0.1, 0.15) is 11.1 Å². The first-order valence-corrected chi connectivity index (χ1v) is 11.7. The highest BCUT2D eigenvalue weighted by Crippen LogP contribution is 2.14. The molecule has 1 aliphatic heterocycles. The Kier molecular flexibility index (Phi) is 8.14. The maximum atomic E-state index is 3.68. The van der Waals surface area contributed by atoms with Crippen LogP contribution >= 0.6 is 0 Å². The fourth-order valence-electron chi connectivity index (χ4n) is 4.47. The molecular weight excluding hydrogens is 378 g/mol. The molecular formula is C28H35N3. The molecule has 0 spiro atoms. The summed E-state index contributed by atoms with van der Waals surface area (Å²) < 4.78 is 0. The summed E-state index contributed by atoms with van der Waals surface area (Å²) in [5, 5.41) is 3.68. The summed E-state index contributed by atoms with van der Waals surface area (Å²) in [6.45, 7) is 7.93. The SMILES string of the molecule is c1ccc(CCN2CCN(CCc3ccccc3)CC(CNc3ccccc3)C2)cc1. The lowest BCUT2D eigenvalue weighted by Gasteiger charge is -2.25. The lowest BCUT2D eigenvalue weighted by Crippen LogP contribution is -2.35. The Balaban J connectivity index is 1.35. The molecule has 3 heteroatoms. The summed E-state index contributed by atoms with van der Waals surface area (Å²) in [5.74, 6) is 0.620. The molecule has 0 radical (unpaired) electrons. The third-order valence-corrected chi connectivity index (χ3v) is 6.25. The van der Waals surface area contributed by atoms with Crippen LogP contribution in [0.5, 0.6) is 0 Å². The molecule has 4 rings (SSSR count).